The van der Waals surface area contributed by atoms with Crippen LogP contribution in [-0.4, -0.2) is 45.7 Å². The molecule has 0 unspecified atom stereocenters. The maximum Gasteiger partial charge on any atom is 0.214 e. The lowest BCUT2D eigenvalue weighted by molar-refractivity contribution is 0.287. The fraction of sp³-hybridized carbons (Fsp3) is 0.350. The molecule has 0 aliphatic rings. The largest absolute Gasteiger partial charge is 0.490 e. The lowest BCUT2D eigenvalue weighted by atomic mass is 10.2. The average molecular weight is 470 g/mol. The summed E-state index contributed by atoms with van der Waals surface area (Å²) in [6.07, 6.45) is 0. The molecule has 0 spiro atoms. The molecule has 162 valence electrons. The molecular weight excluding hydrogens is 445 g/mol. The number of hydrogen-bond donors (Lipinski definition) is 1. The number of para-hydroxylation sites is 1. The second-order valence-corrected chi connectivity index (χ2v) is 7.47. The van der Waals surface area contributed by atoms with Crippen molar-refractivity contribution in [2.24, 2.45) is 0 Å². The van der Waals surface area contributed by atoms with Crippen LogP contribution < -0.4 is 14.8 Å². The number of ether oxygens (including phenoxy) is 2. The van der Waals surface area contributed by atoms with Crippen molar-refractivity contribution in [3.63, 3.8) is 0 Å². The molecule has 0 fully saturated rings. The van der Waals surface area contributed by atoms with Gasteiger partial charge in [-0.25, -0.2) is 0 Å². The van der Waals surface area contributed by atoms with Crippen LogP contribution >= 0.6 is 35.8 Å². The van der Waals surface area contributed by atoms with Crippen LogP contribution in [0.5, 0.6) is 11.5 Å². The van der Waals surface area contributed by atoms with Crippen molar-refractivity contribution in [1.82, 2.24) is 25.5 Å². The highest BCUT2D eigenvalue weighted by atomic mass is 35.5. The summed E-state index contributed by atoms with van der Waals surface area (Å²) in [7, 11) is 0. The summed E-state index contributed by atoms with van der Waals surface area (Å²) < 4.78 is 13.0. The van der Waals surface area contributed by atoms with Gasteiger partial charge >= 0.3 is 0 Å². The lowest BCUT2D eigenvalue weighted by Gasteiger charge is -2.14. The molecule has 0 radical (unpaired) electrons. The van der Waals surface area contributed by atoms with Gasteiger partial charge in [0.2, 0.25) is 5.16 Å². The third-order valence-corrected chi connectivity index (χ3v) is 5.14. The highest BCUT2D eigenvalue weighted by molar-refractivity contribution is 7.99. The fourth-order valence-corrected chi connectivity index (χ4v) is 3.79. The van der Waals surface area contributed by atoms with Crippen molar-refractivity contribution in [1.29, 1.82) is 0 Å². The molecule has 30 heavy (non-hydrogen) atoms. The number of rotatable bonds is 11. The molecule has 1 N–H and O–H groups in total. The first-order valence-electron chi connectivity index (χ1n) is 9.48. The SMILES string of the molecule is CCOc1cc(CNCCSc2nnnn2-c2ccccc2)cc(Cl)c1OCC.Cl. The molecule has 0 amide bonds. The van der Waals surface area contributed by atoms with E-state index in [1.165, 1.54) is 0 Å². The Kier molecular flexibility index (Phi) is 10.2. The summed E-state index contributed by atoms with van der Waals surface area (Å²) in [5, 5.41) is 16.7. The summed E-state index contributed by atoms with van der Waals surface area (Å²) in [4.78, 5) is 0. The van der Waals surface area contributed by atoms with Crippen molar-refractivity contribution in [3.8, 4) is 17.2 Å². The molecular formula is C20H25Cl2N5O2S. The molecule has 7 nitrogen and oxygen atoms in total. The van der Waals surface area contributed by atoms with Crippen molar-refractivity contribution in [3.05, 3.63) is 53.1 Å². The Morgan fingerprint density at radius 1 is 1.10 bits per heavy atom. The van der Waals surface area contributed by atoms with E-state index in [1.54, 1.807) is 16.4 Å². The van der Waals surface area contributed by atoms with Gasteiger partial charge in [0, 0.05) is 18.8 Å². The van der Waals surface area contributed by atoms with E-state index < -0.39 is 0 Å². The minimum absolute atomic E-state index is 0. The topological polar surface area (TPSA) is 74.1 Å². The molecule has 1 aromatic heterocycles. The minimum atomic E-state index is 0. The van der Waals surface area contributed by atoms with Crippen LogP contribution in [0.15, 0.2) is 47.6 Å². The Hall–Kier alpha value is -2.00. The van der Waals surface area contributed by atoms with Gasteiger partial charge in [0.1, 0.15) is 0 Å². The Morgan fingerprint density at radius 2 is 1.87 bits per heavy atom. The zero-order valence-electron chi connectivity index (χ0n) is 16.9. The van der Waals surface area contributed by atoms with Crippen LogP contribution in [0, 0.1) is 0 Å². The van der Waals surface area contributed by atoms with Crippen molar-refractivity contribution in [2.45, 2.75) is 25.5 Å². The Morgan fingerprint density at radius 3 is 2.60 bits per heavy atom. The Bertz CT molecular complexity index is 911. The van der Waals surface area contributed by atoms with Crippen LogP contribution in [0.3, 0.4) is 0 Å². The van der Waals surface area contributed by atoms with E-state index in [9.17, 15) is 0 Å². The summed E-state index contributed by atoms with van der Waals surface area (Å²) in [5.74, 6) is 2.11. The fourth-order valence-electron chi connectivity index (χ4n) is 2.72. The number of nitrogens with one attached hydrogen (secondary N) is 1. The maximum atomic E-state index is 6.37. The van der Waals surface area contributed by atoms with E-state index in [2.05, 4.69) is 20.8 Å². The molecule has 0 aliphatic heterocycles. The minimum Gasteiger partial charge on any atom is -0.490 e. The predicted octanol–water partition coefficient (Wildman–Crippen LogP) is 4.42. The van der Waals surface area contributed by atoms with Gasteiger partial charge in [-0.1, -0.05) is 41.6 Å². The van der Waals surface area contributed by atoms with E-state index in [0.29, 0.717) is 36.3 Å². The molecule has 2 aromatic carbocycles. The van der Waals surface area contributed by atoms with Crippen LogP contribution in [0.25, 0.3) is 5.69 Å². The van der Waals surface area contributed by atoms with E-state index in [4.69, 9.17) is 21.1 Å². The normalized spacial score (nSPS) is 10.5. The van der Waals surface area contributed by atoms with Crippen LogP contribution in [0.2, 0.25) is 5.02 Å². The number of halogens is 2. The summed E-state index contributed by atoms with van der Waals surface area (Å²) in [6, 6.07) is 13.7. The predicted molar refractivity (Wildman–Crippen MR) is 123 cm³/mol. The van der Waals surface area contributed by atoms with Gasteiger partial charge < -0.3 is 14.8 Å². The molecule has 10 heteroatoms. The molecule has 0 saturated carbocycles. The average Bonchev–Trinajstić information content (AvgIpc) is 3.20. The van der Waals surface area contributed by atoms with Crippen molar-refractivity contribution < 1.29 is 9.47 Å². The molecule has 3 rings (SSSR count). The second kappa shape index (κ2) is 12.6. The van der Waals surface area contributed by atoms with Crippen molar-refractivity contribution in [2.75, 3.05) is 25.5 Å². The zero-order chi connectivity index (χ0) is 20.5. The maximum absolute atomic E-state index is 6.37. The first-order valence-corrected chi connectivity index (χ1v) is 10.8. The summed E-state index contributed by atoms with van der Waals surface area (Å²) in [5.41, 5.74) is 1.99. The van der Waals surface area contributed by atoms with E-state index in [0.717, 1.165) is 28.7 Å². The number of thioether (sulfide) groups is 1. The van der Waals surface area contributed by atoms with Crippen LogP contribution in [-0.2, 0) is 6.54 Å². The molecule has 0 aliphatic carbocycles. The third-order valence-electron chi connectivity index (χ3n) is 3.94. The molecule has 1 heterocycles. The third kappa shape index (κ3) is 6.50. The highest BCUT2D eigenvalue weighted by Gasteiger charge is 2.12. The molecule has 3 aromatic rings. The van der Waals surface area contributed by atoms with Crippen LogP contribution in [0.1, 0.15) is 19.4 Å². The van der Waals surface area contributed by atoms with E-state index in [-0.39, 0.29) is 12.4 Å². The van der Waals surface area contributed by atoms with Gasteiger partial charge in [-0.3, -0.25) is 0 Å². The number of tetrazole rings is 1. The van der Waals surface area contributed by atoms with Gasteiger partial charge in [0.05, 0.1) is 23.9 Å². The molecule has 0 bridgehead atoms. The first-order chi connectivity index (χ1) is 14.2. The summed E-state index contributed by atoms with van der Waals surface area (Å²) in [6.45, 7) is 6.43. The standard InChI is InChI=1S/C20H24ClN5O2S.ClH/c1-3-27-18-13-15(12-17(21)19(18)28-4-2)14-22-10-11-29-20-23-24-25-26(20)16-8-6-5-7-9-16;/h5-9,12-13,22H,3-4,10-11,14H2,1-2H3;1H. The van der Waals surface area contributed by atoms with Crippen LogP contribution in [0.4, 0.5) is 0 Å². The highest BCUT2D eigenvalue weighted by Crippen LogP contribution is 2.36. The lowest BCUT2D eigenvalue weighted by Crippen LogP contribution is -2.17. The summed E-state index contributed by atoms with van der Waals surface area (Å²) >= 11 is 7.97. The second-order valence-electron chi connectivity index (χ2n) is 6.00. The van der Waals surface area contributed by atoms with Gasteiger partial charge in [-0.05, 0) is 54.1 Å². The first kappa shape index (κ1) is 24.3. The van der Waals surface area contributed by atoms with Gasteiger partial charge in [-0.2, -0.15) is 4.68 Å². The number of nitrogens with zero attached hydrogens (tertiary/aromatic N) is 4. The Labute approximate surface area is 191 Å². The smallest absolute Gasteiger partial charge is 0.214 e. The molecule has 0 saturated heterocycles. The zero-order valence-corrected chi connectivity index (χ0v) is 19.3. The van der Waals surface area contributed by atoms with E-state index >= 15 is 0 Å². The quantitative estimate of drug-likeness (QED) is 0.329. The molecule has 0 atom stereocenters. The Balaban J connectivity index is 0.00000320. The van der Waals surface area contributed by atoms with Gasteiger partial charge in [0.15, 0.2) is 11.5 Å². The number of benzene rings is 2. The van der Waals surface area contributed by atoms with Gasteiger partial charge in [-0.15, -0.1) is 17.5 Å². The van der Waals surface area contributed by atoms with Gasteiger partial charge in [0.25, 0.3) is 0 Å². The number of aromatic nitrogens is 4. The van der Waals surface area contributed by atoms with E-state index in [1.807, 2.05) is 56.3 Å². The monoisotopic (exact) mass is 469 g/mol. The number of hydrogen-bond acceptors (Lipinski definition) is 7. The van der Waals surface area contributed by atoms with Crippen molar-refractivity contribution >= 4 is 35.8 Å².